The topological polar surface area (TPSA) is 101 Å². The molecule has 1 atom stereocenters. The Hall–Kier alpha value is -3.69. The van der Waals surface area contributed by atoms with Gasteiger partial charge in [-0.05, 0) is 13.0 Å². The summed E-state index contributed by atoms with van der Waals surface area (Å²) in [6.07, 6.45) is 5.19. The summed E-state index contributed by atoms with van der Waals surface area (Å²) in [6.45, 7) is 2.18. The molecule has 0 fully saturated rings. The van der Waals surface area contributed by atoms with Crippen molar-refractivity contribution in [1.82, 2.24) is 19.9 Å². The number of carboxylic acid groups (broad SMARTS) is 1. The molecule has 2 aromatic heterocycles. The lowest BCUT2D eigenvalue weighted by molar-refractivity contribution is -0.137. The third-order valence-electron chi connectivity index (χ3n) is 5.06. The van der Waals surface area contributed by atoms with Crippen LogP contribution in [0, 0.1) is 11.6 Å². The number of aliphatic carboxylic acids is 1. The molecule has 0 aliphatic carbocycles. The molecule has 0 bridgehead atoms. The number of carbonyl (C=O) groups is 1. The molecule has 0 saturated carbocycles. The van der Waals surface area contributed by atoms with E-state index in [1.54, 1.807) is 24.7 Å². The van der Waals surface area contributed by atoms with Crippen LogP contribution in [0.2, 0.25) is 0 Å². The van der Waals surface area contributed by atoms with Gasteiger partial charge in [-0.15, -0.1) is 0 Å². The summed E-state index contributed by atoms with van der Waals surface area (Å²) < 4.78 is 33.5. The van der Waals surface area contributed by atoms with Gasteiger partial charge in [0, 0.05) is 54.9 Å². The first-order valence-electron chi connectivity index (χ1n) is 9.67. The molecule has 10 heteroatoms. The molecular weight excluding hydrogens is 408 g/mol. The summed E-state index contributed by atoms with van der Waals surface area (Å²) in [5.74, 6) is -2.74. The van der Waals surface area contributed by atoms with Crippen molar-refractivity contribution in [2.24, 2.45) is 0 Å². The van der Waals surface area contributed by atoms with Crippen LogP contribution in [0.15, 0.2) is 36.8 Å². The SMILES string of the molecule is CC1c2cnc(-c3ncccn3)nc2CCN1c1cc(F)c(F)c(OCCC(=O)O)c1. The van der Waals surface area contributed by atoms with Crippen molar-refractivity contribution in [3.8, 4) is 17.4 Å². The van der Waals surface area contributed by atoms with Gasteiger partial charge in [-0.2, -0.15) is 4.39 Å². The Morgan fingerprint density at radius 1 is 1.23 bits per heavy atom. The first kappa shape index (κ1) is 20.6. The third kappa shape index (κ3) is 4.27. The van der Waals surface area contributed by atoms with Gasteiger partial charge in [-0.1, -0.05) is 0 Å². The van der Waals surface area contributed by atoms with Crippen molar-refractivity contribution in [3.05, 3.63) is 59.7 Å². The predicted octanol–water partition coefficient (Wildman–Crippen LogP) is 3.19. The van der Waals surface area contributed by atoms with E-state index < -0.39 is 17.6 Å². The molecule has 1 aliphatic rings. The highest BCUT2D eigenvalue weighted by molar-refractivity contribution is 5.66. The number of anilines is 1. The fourth-order valence-corrected chi connectivity index (χ4v) is 3.51. The van der Waals surface area contributed by atoms with Gasteiger partial charge in [0.2, 0.25) is 5.82 Å². The van der Waals surface area contributed by atoms with Crippen LogP contribution in [-0.2, 0) is 11.2 Å². The Morgan fingerprint density at radius 3 is 2.74 bits per heavy atom. The second-order valence-electron chi connectivity index (χ2n) is 7.02. The van der Waals surface area contributed by atoms with E-state index in [9.17, 15) is 13.6 Å². The summed E-state index contributed by atoms with van der Waals surface area (Å²) in [7, 11) is 0. The van der Waals surface area contributed by atoms with Crippen LogP contribution < -0.4 is 9.64 Å². The number of nitrogens with zero attached hydrogens (tertiary/aromatic N) is 5. The zero-order chi connectivity index (χ0) is 22.0. The number of hydrogen-bond donors (Lipinski definition) is 1. The zero-order valence-corrected chi connectivity index (χ0v) is 16.6. The highest BCUT2D eigenvalue weighted by Gasteiger charge is 2.28. The molecule has 0 spiro atoms. The van der Waals surface area contributed by atoms with Crippen LogP contribution >= 0.6 is 0 Å². The maximum absolute atomic E-state index is 14.2. The van der Waals surface area contributed by atoms with Gasteiger partial charge in [-0.25, -0.2) is 24.3 Å². The maximum Gasteiger partial charge on any atom is 0.306 e. The van der Waals surface area contributed by atoms with Crippen molar-refractivity contribution in [3.63, 3.8) is 0 Å². The zero-order valence-electron chi connectivity index (χ0n) is 16.6. The minimum absolute atomic E-state index is 0.203. The lowest BCUT2D eigenvalue weighted by Gasteiger charge is -2.36. The van der Waals surface area contributed by atoms with E-state index in [1.807, 2.05) is 11.8 Å². The highest BCUT2D eigenvalue weighted by Crippen LogP contribution is 2.36. The lowest BCUT2D eigenvalue weighted by atomic mass is 9.98. The van der Waals surface area contributed by atoms with Gasteiger partial charge in [0.15, 0.2) is 23.2 Å². The first-order valence-corrected chi connectivity index (χ1v) is 9.67. The molecule has 0 saturated heterocycles. The van der Waals surface area contributed by atoms with Crippen LogP contribution in [0.25, 0.3) is 11.6 Å². The number of rotatable bonds is 6. The number of halogens is 2. The number of fused-ring (bicyclic) bond motifs is 1. The van der Waals surface area contributed by atoms with Crippen molar-refractivity contribution < 1.29 is 23.4 Å². The fourth-order valence-electron chi connectivity index (χ4n) is 3.51. The number of aromatic nitrogens is 4. The van der Waals surface area contributed by atoms with Crippen molar-refractivity contribution in [2.75, 3.05) is 18.1 Å². The van der Waals surface area contributed by atoms with Crippen LogP contribution in [0.3, 0.4) is 0 Å². The van der Waals surface area contributed by atoms with Gasteiger partial charge in [0.25, 0.3) is 0 Å². The third-order valence-corrected chi connectivity index (χ3v) is 5.06. The van der Waals surface area contributed by atoms with E-state index in [0.29, 0.717) is 30.3 Å². The van der Waals surface area contributed by atoms with E-state index in [1.165, 1.54) is 6.07 Å². The largest absolute Gasteiger partial charge is 0.490 e. The van der Waals surface area contributed by atoms with Gasteiger partial charge < -0.3 is 14.7 Å². The normalized spacial score (nSPS) is 15.5. The number of benzene rings is 1. The molecule has 1 aliphatic heterocycles. The molecule has 4 rings (SSSR count). The van der Waals surface area contributed by atoms with Crippen LogP contribution in [0.4, 0.5) is 14.5 Å². The van der Waals surface area contributed by atoms with Crippen molar-refractivity contribution in [2.45, 2.75) is 25.8 Å². The molecule has 1 N–H and O–H groups in total. The number of carboxylic acids is 1. The standard InChI is InChI=1S/C21H19F2N5O3/c1-12-14-11-26-21(20-24-5-2-6-25-20)27-16(14)3-7-28(12)13-9-15(22)19(23)17(10-13)31-8-4-18(29)30/h2,5-6,9-12H,3-4,7-8H2,1H3,(H,29,30). The van der Waals surface area contributed by atoms with Gasteiger partial charge in [0.1, 0.15) is 0 Å². The average Bonchev–Trinajstić information content (AvgIpc) is 2.77. The van der Waals surface area contributed by atoms with Crippen LogP contribution in [0.5, 0.6) is 5.75 Å². The molecule has 3 heterocycles. The summed E-state index contributed by atoms with van der Waals surface area (Å²) in [5.41, 5.74) is 2.14. The Bertz CT molecular complexity index is 1110. The second-order valence-corrected chi connectivity index (χ2v) is 7.02. The lowest BCUT2D eigenvalue weighted by Crippen LogP contribution is -2.35. The smallest absolute Gasteiger partial charge is 0.306 e. The molecule has 8 nitrogen and oxygen atoms in total. The van der Waals surface area contributed by atoms with Crippen molar-refractivity contribution >= 4 is 11.7 Å². The minimum atomic E-state index is -1.14. The summed E-state index contributed by atoms with van der Waals surface area (Å²) in [5, 5.41) is 8.72. The quantitative estimate of drug-likeness (QED) is 0.640. The summed E-state index contributed by atoms with van der Waals surface area (Å²) in [4.78, 5) is 29.9. The Kier molecular flexibility index (Phi) is 5.70. The molecule has 1 aromatic carbocycles. The number of ether oxygens (including phenoxy) is 1. The monoisotopic (exact) mass is 427 g/mol. The van der Waals surface area contributed by atoms with E-state index in [0.717, 1.165) is 17.3 Å². The molecule has 31 heavy (non-hydrogen) atoms. The van der Waals surface area contributed by atoms with E-state index in [2.05, 4.69) is 19.9 Å². The molecule has 0 amide bonds. The van der Waals surface area contributed by atoms with E-state index in [4.69, 9.17) is 9.84 Å². The number of hydrogen-bond acceptors (Lipinski definition) is 7. The second kappa shape index (κ2) is 8.58. The molecular formula is C21H19F2N5O3. The van der Waals surface area contributed by atoms with Crippen LogP contribution in [-0.4, -0.2) is 44.2 Å². The van der Waals surface area contributed by atoms with Crippen molar-refractivity contribution in [1.29, 1.82) is 0 Å². The Morgan fingerprint density at radius 2 is 2.00 bits per heavy atom. The highest BCUT2D eigenvalue weighted by atomic mass is 19.2. The first-order chi connectivity index (χ1) is 14.9. The Labute approximate surface area is 176 Å². The average molecular weight is 427 g/mol. The molecule has 160 valence electrons. The van der Waals surface area contributed by atoms with Gasteiger partial charge in [-0.3, -0.25) is 4.79 Å². The van der Waals surface area contributed by atoms with Gasteiger partial charge >= 0.3 is 5.97 Å². The fraction of sp³-hybridized carbons (Fsp3) is 0.286. The summed E-state index contributed by atoms with van der Waals surface area (Å²) in [6, 6.07) is 4.00. The van der Waals surface area contributed by atoms with Crippen LogP contribution in [0.1, 0.15) is 30.6 Å². The predicted molar refractivity (Wildman–Crippen MR) is 107 cm³/mol. The molecule has 3 aromatic rings. The maximum atomic E-state index is 14.2. The molecule has 0 radical (unpaired) electrons. The van der Waals surface area contributed by atoms with Gasteiger partial charge in [0.05, 0.1) is 24.8 Å². The van der Waals surface area contributed by atoms with E-state index in [-0.39, 0.29) is 24.8 Å². The minimum Gasteiger partial charge on any atom is -0.490 e. The Balaban J connectivity index is 1.60. The summed E-state index contributed by atoms with van der Waals surface area (Å²) >= 11 is 0. The van der Waals surface area contributed by atoms with E-state index >= 15 is 0 Å². The molecule has 1 unspecified atom stereocenters.